The monoisotopic (exact) mass is 385 g/mol. The molecule has 0 bridgehead atoms. The first-order valence-electron chi connectivity index (χ1n) is 8.44. The Morgan fingerprint density at radius 3 is 2.38 bits per heavy atom. The van der Waals surface area contributed by atoms with E-state index in [4.69, 9.17) is 10.7 Å². The van der Waals surface area contributed by atoms with Crippen LogP contribution in [0.3, 0.4) is 0 Å². The quantitative estimate of drug-likeness (QED) is 0.691. The van der Waals surface area contributed by atoms with Gasteiger partial charge in [-0.05, 0) is 60.7 Å². The second-order valence-electron chi connectivity index (χ2n) is 6.32. The predicted octanol–water partition coefficient (Wildman–Crippen LogP) is 3.83. The number of sulfone groups is 1. The molecule has 0 atom stereocenters. The zero-order valence-electron chi connectivity index (χ0n) is 14.1. The lowest BCUT2D eigenvalue weighted by molar-refractivity contribution is 0.596. The third kappa shape index (κ3) is 3.20. The summed E-state index contributed by atoms with van der Waals surface area (Å²) >= 11 is 1.57. The highest BCUT2D eigenvalue weighted by atomic mass is 32.2. The molecule has 7 heteroatoms. The van der Waals surface area contributed by atoms with E-state index in [2.05, 4.69) is 4.90 Å². The maximum Gasteiger partial charge on any atom is 0.206 e. The maximum absolute atomic E-state index is 13.1. The van der Waals surface area contributed by atoms with Crippen molar-refractivity contribution >= 4 is 32.7 Å². The van der Waals surface area contributed by atoms with Gasteiger partial charge in [0, 0.05) is 29.7 Å². The van der Waals surface area contributed by atoms with Crippen molar-refractivity contribution in [3.05, 3.63) is 53.2 Å². The molecule has 1 saturated heterocycles. The van der Waals surface area contributed by atoms with Gasteiger partial charge in [-0.1, -0.05) is 0 Å². The van der Waals surface area contributed by atoms with Gasteiger partial charge in [0.05, 0.1) is 15.5 Å². The van der Waals surface area contributed by atoms with E-state index < -0.39 is 9.84 Å². The summed E-state index contributed by atoms with van der Waals surface area (Å²) in [5.41, 5.74) is 7.85. The molecule has 1 aromatic carbocycles. The van der Waals surface area contributed by atoms with Gasteiger partial charge in [-0.2, -0.15) is 11.3 Å². The van der Waals surface area contributed by atoms with Crippen LogP contribution in [-0.4, -0.2) is 26.5 Å². The summed E-state index contributed by atoms with van der Waals surface area (Å²) in [4.78, 5) is 7.38. The number of anilines is 2. The fraction of sp³-hybridized carbons (Fsp3) is 0.211. The highest BCUT2D eigenvalue weighted by molar-refractivity contribution is 7.91. The normalized spacial score (nSPS) is 14.7. The number of pyridine rings is 1. The minimum atomic E-state index is -3.64. The molecule has 0 radical (unpaired) electrons. The maximum atomic E-state index is 13.1. The fourth-order valence-electron chi connectivity index (χ4n) is 3.10. The SMILES string of the molecule is Nc1ccc(S(=O)(=O)c2cc(-c3ccsc3)nc(N3CCCC3)c2)cc1. The first-order valence-corrected chi connectivity index (χ1v) is 10.9. The molecule has 26 heavy (non-hydrogen) atoms. The Hall–Kier alpha value is -2.38. The van der Waals surface area contributed by atoms with E-state index in [1.807, 2.05) is 16.8 Å². The Balaban J connectivity index is 1.85. The van der Waals surface area contributed by atoms with E-state index in [0.29, 0.717) is 11.4 Å². The molecule has 0 saturated carbocycles. The van der Waals surface area contributed by atoms with Crippen molar-refractivity contribution < 1.29 is 8.42 Å². The summed E-state index contributed by atoms with van der Waals surface area (Å²) in [5, 5.41) is 3.95. The van der Waals surface area contributed by atoms with Gasteiger partial charge in [0.15, 0.2) is 0 Å². The Bertz CT molecular complexity index is 1010. The number of nitrogens with two attached hydrogens (primary N) is 1. The van der Waals surface area contributed by atoms with Crippen LogP contribution in [0.4, 0.5) is 11.5 Å². The fourth-order valence-corrected chi connectivity index (χ4v) is 5.04. The smallest absolute Gasteiger partial charge is 0.206 e. The number of rotatable bonds is 4. The number of aromatic nitrogens is 1. The van der Waals surface area contributed by atoms with Crippen molar-refractivity contribution in [2.75, 3.05) is 23.7 Å². The molecule has 0 aliphatic carbocycles. The summed E-state index contributed by atoms with van der Waals surface area (Å²) < 4.78 is 26.3. The molecule has 0 unspecified atom stereocenters. The van der Waals surface area contributed by atoms with Crippen LogP contribution in [-0.2, 0) is 9.84 Å². The van der Waals surface area contributed by atoms with Crippen LogP contribution in [0.5, 0.6) is 0 Å². The number of hydrogen-bond acceptors (Lipinski definition) is 6. The van der Waals surface area contributed by atoms with E-state index >= 15 is 0 Å². The Kier molecular flexibility index (Phi) is 4.42. The number of nitrogen functional groups attached to an aromatic ring is 1. The van der Waals surface area contributed by atoms with Crippen LogP contribution in [0.1, 0.15) is 12.8 Å². The second-order valence-corrected chi connectivity index (χ2v) is 9.05. The molecule has 3 heterocycles. The molecule has 4 rings (SSSR count). The van der Waals surface area contributed by atoms with E-state index in [1.165, 1.54) is 0 Å². The van der Waals surface area contributed by atoms with Crippen molar-refractivity contribution in [3.63, 3.8) is 0 Å². The van der Waals surface area contributed by atoms with E-state index in [-0.39, 0.29) is 9.79 Å². The third-order valence-corrected chi connectivity index (χ3v) is 6.97. The molecule has 3 aromatic rings. The summed E-state index contributed by atoms with van der Waals surface area (Å²) in [5.74, 6) is 0.722. The summed E-state index contributed by atoms with van der Waals surface area (Å²) in [6.07, 6.45) is 2.20. The lowest BCUT2D eigenvalue weighted by Crippen LogP contribution is -2.19. The largest absolute Gasteiger partial charge is 0.399 e. The van der Waals surface area contributed by atoms with E-state index in [1.54, 1.807) is 47.7 Å². The number of thiophene rings is 1. The molecule has 1 fully saturated rings. The third-order valence-electron chi connectivity index (χ3n) is 4.53. The van der Waals surface area contributed by atoms with Gasteiger partial charge in [0.2, 0.25) is 9.84 Å². The lowest BCUT2D eigenvalue weighted by atomic mass is 10.2. The van der Waals surface area contributed by atoms with Crippen LogP contribution in [0, 0.1) is 0 Å². The van der Waals surface area contributed by atoms with Gasteiger partial charge in [0.1, 0.15) is 5.82 Å². The average molecular weight is 386 g/mol. The molecule has 2 N–H and O–H groups in total. The van der Waals surface area contributed by atoms with E-state index in [9.17, 15) is 8.42 Å². The van der Waals surface area contributed by atoms with Gasteiger partial charge in [-0.25, -0.2) is 13.4 Å². The van der Waals surface area contributed by atoms with Gasteiger partial charge in [-0.3, -0.25) is 0 Å². The first-order chi connectivity index (χ1) is 12.5. The molecule has 5 nitrogen and oxygen atoms in total. The van der Waals surface area contributed by atoms with Gasteiger partial charge >= 0.3 is 0 Å². The molecule has 2 aromatic heterocycles. The molecular formula is C19H19N3O2S2. The van der Waals surface area contributed by atoms with Crippen LogP contribution < -0.4 is 10.6 Å². The highest BCUT2D eigenvalue weighted by Gasteiger charge is 2.23. The second kappa shape index (κ2) is 6.74. The molecular weight excluding hydrogens is 366 g/mol. The number of benzene rings is 1. The molecule has 134 valence electrons. The van der Waals surface area contributed by atoms with Crippen LogP contribution in [0.2, 0.25) is 0 Å². The predicted molar refractivity (Wildman–Crippen MR) is 105 cm³/mol. The van der Waals surface area contributed by atoms with Gasteiger partial charge in [0.25, 0.3) is 0 Å². The number of nitrogens with zero attached hydrogens (tertiary/aromatic N) is 2. The zero-order chi connectivity index (χ0) is 18.1. The Labute approximate surface area is 157 Å². The topological polar surface area (TPSA) is 76.3 Å². The van der Waals surface area contributed by atoms with Crippen LogP contribution >= 0.6 is 11.3 Å². The summed E-state index contributed by atoms with van der Waals surface area (Å²) in [6, 6.07) is 11.6. The molecule has 0 amide bonds. The van der Waals surface area contributed by atoms with E-state index in [0.717, 1.165) is 37.3 Å². The summed E-state index contributed by atoms with van der Waals surface area (Å²) in [7, 11) is -3.64. The summed E-state index contributed by atoms with van der Waals surface area (Å²) in [6.45, 7) is 1.81. The first kappa shape index (κ1) is 17.1. The van der Waals surface area contributed by atoms with Gasteiger partial charge in [-0.15, -0.1) is 0 Å². The minimum absolute atomic E-state index is 0.238. The van der Waals surface area contributed by atoms with Crippen molar-refractivity contribution in [1.29, 1.82) is 0 Å². The Morgan fingerprint density at radius 1 is 1.00 bits per heavy atom. The molecule has 1 aliphatic rings. The van der Waals surface area contributed by atoms with Crippen molar-refractivity contribution in [2.24, 2.45) is 0 Å². The Morgan fingerprint density at radius 2 is 1.73 bits per heavy atom. The highest BCUT2D eigenvalue weighted by Crippen LogP contribution is 2.31. The van der Waals surface area contributed by atoms with Crippen LogP contribution in [0.15, 0.2) is 63.0 Å². The lowest BCUT2D eigenvalue weighted by Gasteiger charge is -2.18. The standard InChI is InChI=1S/C19H19N3O2S2/c20-15-3-5-16(6-4-15)26(23,24)17-11-18(14-7-10-25-13-14)21-19(12-17)22-8-1-2-9-22/h3-7,10-13H,1-2,8-9,20H2. The average Bonchev–Trinajstić information content (AvgIpc) is 3.35. The van der Waals surface area contributed by atoms with Gasteiger partial charge < -0.3 is 10.6 Å². The van der Waals surface area contributed by atoms with Crippen LogP contribution in [0.25, 0.3) is 11.3 Å². The molecule has 0 spiro atoms. The van der Waals surface area contributed by atoms with Crippen molar-refractivity contribution in [3.8, 4) is 11.3 Å². The number of hydrogen-bond donors (Lipinski definition) is 1. The van der Waals surface area contributed by atoms with Crippen molar-refractivity contribution in [2.45, 2.75) is 22.6 Å². The zero-order valence-corrected chi connectivity index (χ0v) is 15.8. The van der Waals surface area contributed by atoms with Crippen molar-refractivity contribution in [1.82, 2.24) is 4.98 Å². The molecule has 1 aliphatic heterocycles. The minimum Gasteiger partial charge on any atom is -0.399 e.